The number of alkyl halides is 3. The van der Waals surface area contributed by atoms with Crippen LogP contribution in [0.5, 0.6) is 0 Å². The van der Waals surface area contributed by atoms with Gasteiger partial charge in [-0.25, -0.2) is 4.98 Å². The topological polar surface area (TPSA) is 66.2 Å². The lowest BCUT2D eigenvalue weighted by molar-refractivity contribution is -0.141. The molecule has 0 aliphatic carbocycles. The second-order valence-electron chi connectivity index (χ2n) is 2.20. The van der Waals surface area contributed by atoms with Crippen molar-refractivity contribution in [2.45, 2.75) is 6.18 Å². The molecule has 1 rings (SSSR count). The van der Waals surface area contributed by atoms with Crippen LogP contribution in [0.3, 0.4) is 0 Å². The zero-order chi connectivity index (χ0) is 10.1. The first kappa shape index (κ1) is 9.94. The van der Waals surface area contributed by atoms with Gasteiger partial charge in [-0.3, -0.25) is 4.98 Å². The quantitative estimate of drug-likeness (QED) is 0.570. The van der Waals surface area contributed by atoms with Crippen LogP contribution < -0.4 is 5.59 Å². The summed E-state index contributed by atoms with van der Waals surface area (Å²) in [5.74, 6) is 0. The number of hydrogen-bond acceptors (Lipinski definition) is 4. The highest BCUT2D eigenvalue weighted by molar-refractivity contribution is 6.57. The SMILES string of the molecule is OB(O)c1cnc(C(F)(F)F)cn1. The molecule has 1 aromatic heterocycles. The third kappa shape index (κ3) is 2.39. The molecule has 0 bridgehead atoms. The summed E-state index contributed by atoms with van der Waals surface area (Å²) in [6.45, 7) is 0. The summed E-state index contributed by atoms with van der Waals surface area (Å²) in [5.41, 5.74) is -1.50. The molecule has 0 atom stereocenters. The number of hydrogen-bond donors (Lipinski definition) is 2. The summed E-state index contributed by atoms with van der Waals surface area (Å²) in [7, 11) is -1.91. The van der Waals surface area contributed by atoms with Crippen molar-refractivity contribution < 1.29 is 23.2 Å². The molecule has 4 nitrogen and oxygen atoms in total. The van der Waals surface area contributed by atoms with Crippen LogP contribution in [-0.4, -0.2) is 27.1 Å². The van der Waals surface area contributed by atoms with Crippen molar-refractivity contribution in [2.75, 3.05) is 0 Å². The van der Waals surface area contributed by atoms with Gasteiger partial charge in [0.2, 0.25) is 0 Å². The van der Waals surface area contributed by atoms with E-state index in [2.05, 4.69) is 9.97 Å². The van der Waals surface area contributed by atoms with Gasteiger partial charge in [0.15, 0.2) is 5.69 Å². The van der Waals surface area contributed by atoms with Gasteiger partial charge in [-0.05, 0) is 0 Å². The fourth-order valence-corrected chi connectivity index (χ4v) is 0.618. The largest absolute Gasteiger partial charge is 0.509 e. The van der Waals surface area contributed by atoms with E-state index in [1.807, 2.05) is 0 Å². The van der Waals surface area contributed by atoms with Crippen LogP contribution >= 0.6 is 0 Å². The highest BCUT2D eigenvalue weighted by Crippen LogP contribution is 2.25. The standard InChI is InChI=1S/C5H4BF3N2O2/c7-5(8,9)3-1-11-4(2-10-3)6(12)13/h1-2,12-13H. The predicted octanol–water partition coefficient (Wildman–Crippen LogP) is -0.825. The predicted molar refractivity (Wildman–Crippen MR) is 36.9 cm³/mol. The fraction of sp³-hybridized carbons (Fsp3) is 0.200. The van der Waals surface area contributed by atoms with Crippen LogP contribution in [0.2, 0.25) is 0 Å². The lowest BCUT2D eigenvalue weighted by Gasteiger charge is -2.04. The van der Waals surface area contributed by atoms with Gasteiger partial charge in [0, 0.05) is 6.20 Å². The molecule has 0 aromatic carbocycles. The molecule has 1 heterocycles. The Labute approximate surface area is 71.2 Å². The lowest BCUT2D eigenvalue weighted by atomic mass is 9.87. The molecule has 0 fully saturated rings. The van der Waals surface area contributed by atoms with Gasteiger partial charge >= 0.3 is 13.3 Å². The Kier molecular flexibility index (Phi) is 2.53. The molecule has 1 aromatic rings. The van der Waals surface area contributed by atoms with Crippen LogP contribution in [0.25, 0.3) is 0 Å². The average molecular weight is 192 g/mol. The highest BCUT2D eigenvalue weighted by atomic mass is 19.4. The lowest BCUT2D eigenvalue weighted by Crippen LogP contribution is -2.33. The van der Waals surface area contributed by atoms with E-state index in [1.54, 1.807) is 0 Å². The van der Waals surface area contributed by atoms with Crippen molar-refractivity contribution in [1.82, 2.24) is 9.97 Å². The minimum Gasteiger partial charge on any atom is -0.422 e. The monoisotopic (exact) mass is 192 g/mol. The summed E-state index contributed by atoms with van der Waals surface area (Å²) in [5, 5.41) is 17.0. The van der Waals surface area contributed by atoms with E-state index in [0.29, 0.717) is 12.4 Å². The molecule has 0 aliphatic rings. The first-order valence-electron chi connectivity index (χ1n) is 3.16. The second-order valence-corrected chi connectivity index (χ2v) is 2.20. The zero-order valence-electron chi connectivity index (χ0n) is 6.15. The Hall–Kier alpha value is -1.15. The van der Waals surface area contributed by atoms with Crippen molar-refractivity contribution in [3.8, 4) is 0 Å². The van der Waals surface area contributed by atoms with Crippen LogP contribution in [0.4, 0.5) is 13.2 Å². The smallest absolute Gasteiger partial charge is 0.422 e. The summed E-state index contributed by atoms with van der Waals surface area (Å²) < 4.78 is 35.7. The molecule has 0 amide bonds. The van der Waals surface area contributed by atoms with Gasteiger partial charge in [-0.2, -0.15) is 13.2 Å². The van der Waals surface area contributed by atoms with E-state index in [4.69, 9.17) is 10.0 Å². The molecule has 0 radical (unpaired) electrons. The van der Waals surface area contributed by atoms with Crippen LogP contribution in [0, 0.1) is 0 Å². The van der Waals surface area contributed by atoms with Gasteiger partial charge in [0.1, 0.15) is 0 Å². The first-order valence-corrected chi connectivity index (χ1v) is 3.16. The number of halogens is 3. The van der Waals surface area contributed by atoms with E-state index < -0.39 is 19.0 Å². The Bertz CT molecular complexity index is 287. The molecule has 0 spiro atoms. The third-order valence-electron chi connectivity index (χ3n) is 1.23. The van der Waals surface area contributed by atoms with Gasteiger partial charge in [0.25, 0.3) is 0 Å². The minimum absolute atomic E-state index is 0.326. The molecule has 0 aliphatic heterocycles. The van der Waals surface area contributed by atoms with Crippen LogP contribution in [0.1, 0.15) is 5.69 Å². The van der Waals surface area contributed by atoms with Crippen molar-refractivity contribution in [1.29, 1.82) is 0 Å². The summed E-state index contributed by atoms with van der Waals surface area (Å²) in [6, 6.07) is 0. The first-order chi connectivity index (χ1) is 5.91. The average Bonchev–Trinajstić information content (AvgIpc) is 2.03. The van der Waals surface area contributed by atoms with Crippen LogP contribution in [-0.2, 0) is 6.18 Å². The number of aromatic nitrogens is 2. The van der Waals surface area contributed by atoms with Crippen molar-refractivity contribution in [2.24, 2.45) is 0 Å². The number of nitrogens with zero attached hydrogens (tertiary/aromatic N) is 2. The van der Waals surface area contributed by atoms with Gasteiger partial charge in [-0.1, -0.05) is 0 Å². The molecule has 13 heavy (non-hydrogen) atoms. The maximum atomic E-state index is 11.9. The molecular formula is C5H4BF3N2O2. The summed E-state index contributed by atoms with van der Waals surface area (Å²) >= 11 is 0. The minimum atomic E-state index is -4.56. The van der Waals surface area contributed by atoms with E-state index in [0.717, 1.165) is 0 Å². The van der Waals surface area contributed by atoms with E-state index in [9.17, 15) is 13.2 Å². The fourth-order valence-electron chi connectivity index (χ4n) is 0.618. The Balaban J connectivity index is 2.94. The van der Waals surface area contributed by atoms with Crippen molar-refractivity contribution in [3.63, 3.8) is 0 Å². The molecule has 0 saturated heterocycles. The van der Waals surface area contributed by atoms with Crippen molar-refractivity contribution >= 4 is 12.7 Å². The third-order valence-corrected chi connectivity index (χ3v) is 1.23. The van der Waals surface area contributed by atoms with Crippen molar-refractivity contribution in [3.05, 3.63) is 18.1 Å². The zero-order valence-corrected chi connectivity index (χ0v) is 6.15. The molecule has 0 unspecified atom stereocenters. The normalized spacial score (nSPS) is 11.5. The molecular weight excluding hydrogens is 188 g/mol. The maximum absolute atomic E-state index is 11.9. The van der Waals surface area contributed by atoms with Gasteiger partial charge in [0.05, 0.1) is 11.8 Å². The van der Waals surface area contributed by atoms with E-state index >= 15 is 0 Å². The maximum Gasteiger partial charge on any atom is 0.509 e. The van der Waals surface area contributed by atoms with E-state index in [1.165, 1.54) is 0 Å². The Morgan fingerprint density at radius 2 is 1.77 bits per heavy atom. The summed E-state index contributed by atoms with van der Waals surface area (Å²) in [4.78, 5) is 6.13. The second kappa shape index (κ2) is 3.31. The Morgan fingerprint density at radius 3 is 2.08 bits per heavy atom. The molecule has 2 N–H and O–H groups in total. The summed E-state index contributed by atoms with van der Waals surface area (Å²) in [6.07, 6.45) is -3.46. The van der Waals surface area contributed by atoms with Gasteiger partial charge < -0.3 is 10.0 Å². The molecule has 70 valence electrons. The number of rotatable bonds is 1. The highest BCUT2D eigenvalue weighted by Gasteiger charge is 2.33. The van der Waals surface area contributed by atoms with E-state index in [-0.39, 0.29) is 5.59 Å². The molecule has 0 saturated carbocycles. The van der Waals surface area contributed by atoms with Gasteiger partial charge in [-0.15, -0.1) is 0 Å². The Morgan fingerprint density at radius 1 is 1.15 bits per heavy atom. The molecule has 8 heteroatoms. The van der Waals surface area contributed by atoms with Crippen LogP contribution in [0.15, 0.2) is 12.4 Å².